The third-order valence-electron chi connectivity index (χ3n) is 3.87. The summed E-state index contributed by atoms with van der Waals surface area (Å²) in [4.78, 5) is 17.5. The van der Waals surface area contributed by atoms with Gasteiger partial charge in [0.1, 0.15) is 5.76 Å². The molecule has 0 spiro atoms. The van der Waals surface area contributed by atoms with E-state index in [1.165, 1.54) is 29.4 Å². The number of hydrogen-bond acceptors (Lipinski definition) is 7. The molecule has 5 nitrogen and oxygen atoms in total. The Hall–Kier alpha value is -2.56. The van der Waals surface area contributed by atoms with Crippen LogP contribution in [0.25, 0.3) is 10.2 Å². The first-order valence-electron chi connectivity index (χ1n) is 7.18. The van der Waals surface area contributed by atoms with Gasteiger partial charge in [-0.25, -0.2) is 4.98 Å². The fourth-order valence-corrected chi connectivity index (χ4v) is 4.98. The van der Waals surface area contributed by atoms with E-state index in [0.29, 0.717) is 21.4 Å². The Bertz CT molecular complexity index is 965. The van der Waals surface area contributed by atoms with E-state index >= 15 is 0 Å². The van der Waals surface area contributed by atoms with E-state index < -0.39 is 11.2 Å². The number of hydrogen-bond donors (Lipinski definition) is 1. The topological polar surface area (TPSA) is 92.9 Å². The summed E-state index contributed by atoms with van der Waals surface area (Å²) in [6.07, 6.45) is 1.53. The van der Waals surface area contributed by atoms with Crippen LogP contribution in [-0.4, -0.2) is 16.0 Å². The van der Waals surface area contributed by atoms with Crippen molar-refractivity contribution in [3.05, 3.63) is 64.0 Å². The van der Waals surface area contributed by atoms with E-state index in [9.17, 15) is 10.1 Å². The second-order valence-electron chi connectivity index (χ2n) is 5.27. The molecule has 0 saturated heterocycles. The van der Waals surface area contributed by atoms with Crippen molar-refractivity contribution < 1.29 is 9.21 Å². The van der Waals surface area contributed by atoms with Crippen molar-refractivity contribution in [3.63, 3.8) is 0 Å². The minimum atomic E-state index is -0.536. The second kappa shape index (κ2) is 5.82. The molecule has 2 atom stereocenters. The number of thioether (sulfide) groups is 1. The van der Waals surface area contributed by atoms with Crippen LogP contribution in [0.3, 0.4) is 0 Å². The van der Waals surface area contributed by atoms with E-state index in [2.05, 4.69) is 11.1 Å². The molecule has 3 heterocycles. The van der Waals surface area contributed by atoms with E-state index in [-0.39, 0.29) is 5.78 Å². The second-order valence-corrected chi connectivity index (χ2v) is 7.49. The van der Waals surface area contributed by atoms with Gasteiger partial charge in [-0.2, -0.15) is 5.26 Å². The number of benzene rings is 1. The SMILES string of the molecule is N#CC1=C(N)S[C@@H](C(=O)c2nc3ccccc3s2)[C@@H]1c1ccco1. The standard InChI is InChI=1S/C17H11N3O2S2/c18-8-9-13(11-5-3-7-22-11)15(24-16(9)19)14(21)17-20-10-4-1-2-6-12(10)23-17/h1-7,13,15H,19H2/t13-,15+/m0/s1. The molecule has 2 aromatic heterocycles. The number of carbonyl (C=O) groups is 1. The van der Waals surface area contributed by atoms with E-state index in [4.69, 9.17) is 10.2 Å². The predicted molar refractivity (Wildman–Crippen MR) is 93.6 cm³/mol. The lowest BCUT2D eigenvalue weighted by Gasteiger charge is -2.15. The number of allylic oxidation sites excluding steroid dienone is 1. The van der Waals surface area contributed by atoms with Crippen LogP contribution in [0.2, 0.25) is 0 Å². The molecule has 0 bridgehead atoms. The molecular weight excluding hydrogens is 342 g/mol. The first kappa shape index (κ1) is 15.0. The maximum atomic E-state index is 13.0. The predicted octanol–water partition coefficient (Wildman–Crippen LogP) is 3.67. The zero-order valence-corrected chi connectivity index (χ0v) is 13.9. The Morgan fingerprint density at radius 3 is 2.83 bits per heavy atom. The van der Waals surface area contributed by atoms with Crippen LogP contribution in [0.4, 0.5) is 0 Å². The summed E-state index contributed by atoms with van der Waals surface area (Å²) in [6.45, 7) is 0. The Morgan fingerprint density at radius 1 is 1.29 bits per heavy atom. The van der Waals surface area contributed by atoms with Gasteiger partial charge in [0.15, 0.2) is 5.01 Å². The van der Waals surface area contributed by atoms with Crippen molar-refractivity contribution in [2.45, 2.75) is 11.2 Å². The number of para-hydroxylation sites is 1. The number of Topliss-reactive ketones (excluding diaryl/α,β-unsaturated/α-hetero) is 1. The highest BCUT2D eigenvalue weighted by atomic mass is 32.2. The molecule has 1 aliphatic heterocycles. The van der Waals surface area contributed by atoms with Crippen LogP contribution in [-0.2, 0) is 0 Å². The molecule has 0 saturated carbocycles. The van der Waals surface area contributed by atoms with Gasteiger partial charge in [0.05, 0.1) is 44.3 Å². The maximum absolute atomic E-state index is 13.0. The number of nitriles is 1. The Kier molecular flexibility index (Phi) is 3.63. The van der Waals surface area contributed by atoms with E-state index in [1.54, 1.807) is 12.1 Å². The van der Waals surface area contributed by atoms with Crippen LogP contribution in [0.5, 0.6) is 0 Å². The average Bonchev–Trinajstić information content (AvgIpc) is 3.31. The van der Waals surface area contributed by atoms with Gasteiger partial charge in [0, 0.05) is 0 Å². The lowest BCUT2D eigenvalue weighted by molar-refractivity contribution is 0.0983. The van der Waals surface area contributed by atoms with Gasteiger partial charge in [0.25, 0.3) is 0 Å². The average molecular weight is 353 g/mol. The highest BCUT2D eigenvalue weighted by Crippen LogP contribution is 2.47. The molecule has 24 heavy (non-hydrogen) atoms. The Labute approximate surface area is 145 Å². The summed E-state index contributed by atoms with van der Waals surface area (Å²) in [5.74, 6) is -0.0377. The van der Waals surface area contributed by atoms with Gasteiger partial charge < -0.3 is 10.2 Å². The number of ketones is 1. The fourth-order valence-electron chi connectivity index (χ4n) is 2.76. The van der Waals surface area contributed by atoms with Crippen LogP contribution in [0.15, 0.2) is 57.7 Å². The molecule has 1 aliphatic rings. The Balaban J connectivity index is 1.75. The normalized spacial score (nSPS) is 20.5. The zero-order valence-electron chi connectivity index (χ0n) is 12.3. The summed E-state index contributed by atoms with van der Waals surface area (Å²) >= 11 is 2.56. The van der Waals surface area contributed by atoms with Crippen molar-refractivity contribution in [2.75, 3.05) is 0 Å². The molecule has 4 rings (SSSR count). The molecule has 0 fully saturated rings. The molecule has 0 unspecified atom stereocenters. The molecule has 118 valence electrons. The molecule has 3 aromatic rings. The lowest BCUT2D eigenvalue weighted by atomic mass is 9.92. The molecule has 0 amide bonds. The van der Waals surface area contributed by atoms with Gasteiger partial charge in [-0.3, -0.25) is 4.79 Å². The zero-order chi connectivity index (χ0) is 16.7. The number of aromatic nitrogens is 1. The van der Waals surface area contributed by atoms with Gasteiger partial charge in [0.2, 0.25) is 5.78 Å². The number of furan rings is 1. The number of fused-ring (bicyclic) bond motifs is 1. The summed E-state index contributed by atoms with van der Waals surface area (Å²) in [7, 11) is 0. The molecular formula is C17H11N3O2S2. The van der Waals surface area contributed by atoms with Crippen LogP contribution < -0.4 is 5.73 Å². The molecule has 2 N–H and O–H groups in total. The first-order chi connectivity index (χ1) is 11.7. The van der Waals surface area contributed by atoms with Gasteiger partial charge >= 0.3 is 0 Å². The van der Waals surface area contributed by atoms with Crippen molar-refractivity contribution >= 4 is 39.1 Å². The van der Waals surface area contributed by atoms with Crippen molar-refractivity contribution in [1.82, 2.24) is 4.98 Å². The number of nitrogens with zero attached hydrogens (tertiary/aromatic N) is 2. The van der Waals surface area contributed by atoms with Gasteiger partial charge in [-0.1, -0.05) is 23.9 Å². The minimum absolute atomic E-state index is 0.129. The number of thiazole rings is 1. The largest absolute Gasteiger partial charge is 0.469 e. The van der Waals surface area contributed by atoms with E-state index in [0.717, 1.165) is 10.2 Å². The third-order valence-corrected chi connectivity index (χ3v) is 6.13. The molecule has 0 aliphatic carbocycles. The molecule has 0 radical (unpaired) electrons. The van der Waals surface area contributed by atoms with Gasteiger partial charge in [-0.15, -0.1) is 11.3 Å². The fraction of sp³-hybridized carbons (Fsp3) is 0.118. The molecule has 1 aromatic carbocycles. The summed E-state index contributed by atoms with van der Waals surface area (Å²) in [5, 5.41) is 9.69. The van der Waals surface area contributed by atoms with E-state index in [1.807, 2.05) is 24.3 Å². The maximum Gasteiger partial charge on any atom is 0.205 e. The van der Waals surface area contributed by atoms with Crippen molar-refractivity contribution in [1.29, 1.82) is 5.26 Å². The number of nitrogens with two attached hydrogens (primary N) is 1. The van der Waals surface area contributed by atoms with Crippen LogP contribution in [0.1, 0.15) is 21.5 Å². The quantitative estimate of drug-likeness (QED) is 0.722. The van der Waals surface area contributed by atoms with Crippen molar-refractivity contribution in [2.24, 2.45) is 5.73 Å². The smallest absolute Gasteiger partial charge is 0.205 e. The first-order valence-corrected chi connectivity index (χ1v) is 8.88. The number of rotatable bonds is 3. The summed E-state index contributed by atoms with van der Waals surface area (Å²) in [5.41, 5.74) is 7.16. The highest BCUT2D eigenvalue weighted by Gasteiger charge is 2.43. The van der Waals surface area contributed by atoms with Crippen molar-refractivity contribution in [3.8, 4) is 6.07 Å². The molecule has 7 heteroatoms. The Morgan fingerprint density at radius 2 is 2.12 bits per heavy atom. The monoisotopic (exact) mass is 353 g/mol. The highest BCUT2D eigenvalue weighted by molar-refractivity contribution is 8.04. The summed E-state index contributed by atoms with van der Waals surface area (Å²) in [6, 6.07) is 13.2. The van der Waals surface area contributed by atoms with Crippen LogP contribution >= 0.6 is 23.1 Å². The third kappa shape index (κ3) is 2.31. The van der Waals surface area contributed by atoms with Crippen LogP contribution in [0, 0.1) is 11.3 Å². The summed E-state index contributed by atoms with van der Waals surface area (Å²) < 4.78 is 6.41. The lowest BCUT2D eigenvalue weighted by Crippen LogP contribution is -2.23. The van der Waals surface area contributed by atoms with Gasteiger partial charge in [-0.05, 0) is 24.3 Å². The number of carbonyl (C=O) groups excluding carboxylic acids is 1. The minimum Gasteiger partial charge on any atom is -0.469 e.